The van der Waals surface area contributed by atoms with Crippen molar-refractivity contribution in [3.8, 4) is 22.6 Å². The minimum atomic E-state index is -1.91. The van der Waals surface area contributed by atoms with E-state index in [4.69, 9.17) is 13.6 Å². The van der Waals surface area contributed by atoms with Crippen molar-refractivity contribution in [2.75, 3.05) is 0 Å². The van der Waals surface area contributed by atoms with Crippen LogP contribution in [-0.2, 0) is 18.0 Å². The van der Waals surface area contributed by atoms with Crippen molar-refractivity contribution in [2.45, 2.75) is 91.0 Å². The highest BCUT2D eigenvalue weighted by molar-refractivity contribution is 6.75. The van der Waals surface area contributed by atoms with Gasteiger partial charge in [0.1, 0.15) is 11.5 Å². The maximum atomic E-state index is 6.62. The van der Waals surface area contributed by atoms with Crippen LogP contribution in [-0.4, -0.2) is 16.6 Å². The van der Waals surface area contributed by atoms with E-state index in [1.165, 1.54) is 22.3 Å². The summed E-state index contributed by atoms with van der Waals surface area (Å²) in [6.07, 6.45) is 0. The molecule has 0 radical (unpaired) electrons. The summed E-state index contributed by atoms with van der Waals surface area (Å²) in [5.74, 6) is 1.91. The van der Waals surface area contributed by atoms with E-state index >= 15 is 0 Å². The Hall–Kier alpha value is -1.57. The molecule has 1 aliphatic rings. The Balaban J connectivity index is 2.02. The van der Waals surface area contributed by atoms with Gasteiger partial charge in [-0.3, -0.25) is 0 Å². The molecule has 2 aromatic carbocycles. The third-order valence-corrected chi connectivity index (χ3v) is 16.0. The van der Waals surface area contributed by atoms with Crippen LogP contribution in [0.25, 0.3) is 11.1 Å². The Morgan fingerprint density at radius 1 is 0.645 bits per heavy atom. The van der Waals surface area contributed by atoms with Crippen molar-refractivity contribution in [2.24, 2.45) is 0 Å². The fourth-order valence-corrected chi connectivity index (χ4v) is 5.20. The van der Waals surface area contributed by atoms with Gasteiger partial charge in [0.05, 0.1) is 13.2 Å². The molecule has 0 fully saturated rings. The minimum absolute atomic E-state index is 0.158. The van der Waals surface area contributed by atoms with E-state index in [0.717, 1.165) is 11.5 Å². The van der Waals surface area contributed by atoms with E-state index in [9.17, 15) is 0 Å². The largest absolute Gasteiger partial charge is 0.543 e. The molecule has 5 heteroatoms. The molecule has 1 heterocycles. The summed E-state index contributed by atoms with van der Waals surface area (Å²) in [5.41, 5.74) is 4.80. The lowest BCUT2D eigenvalue weighted by atomic mass is 9.96. The molecule has 2 aromatic rings. The first kappa shape index (κ1) is 24.1. The van der Waals surface area contributed by atoms with E-state index in [1.54, 1.807) is 0 Å². The lowest BCUT2D eigenvalue weighted by Gasteiger charge is -2.37. The summed E-state index contributed by atoms with van der Waals surface area (Å²) in [6.45, 7) is 24.0. The zero-order chi connectivity index (χ0) is 23.2. The molecule has 0 atom stereocenters. The highest BCUT2D eigenvalue weighted by Gasteiger charge is 2.40. The lowest BCUT2D eigenvalue weighted by molar-refractivity contribution is 0.110. The van der Waals surface area contributed by atoms with E-state index < -0.39 is 16.6 Å². The summed E-state index contributed by atoms with van der Waals surface area (Å²) in [7, 11) is -3.82. The number of ether oxygens (including phenoxy) is 1. The van der Waals surface area contributed by atoms with Crippen LogP contribution in [0.15, 0.2) is 36.4 Å². The average Bonchev–Trinajstić information content (AvgIpc) is 2.78. The van der Waals surface area contributed by atoms with Gasteiger partial charge in [-0.1, -0.05) is 53.7 Å². The molecule has 3 rings (SSSR count). The molecule has 0 saturated heterocycles. The van der Waals surface area contributed by atoms with E-state index in [0.29, 0.717) is 13.2 Å². The van der Waals surface area contributed by atoms with Gasteiger partial charge in [0.25, 0.3) is 0 Å². The quantitative estimate of drug-likeness (QED) is 0.434. The standard InChI is InChI=1S/C26H40O3Si2/c1-25(2,3)30(7,8)28-21-13-11-19-17-27-18-20-12-14-22(16-24(20)23(19)15-21)29-31(9,10)26(4,5)6/h11-16H,17-18H2,1-10H3. The average molecular weight is 457 g/mol. The van der Waals surface area contributed by atoms with Crippen LogP contribution in [0.1, 0.15) is 52.7 Å². The Morgan fingerprint density at radius 3 is 1.32 bits per heavy atom. The maximum Gasteiger partial charge on any atom is 0.250 e. The van der Waals surface area contributed by atoms with Crippen molar-refractivity contribution < 1.29 is 13.6 Å². The van der Waals surface area contributed by atoms with Crippen LogP contribution in [0.2, 0.25) is 36.3 Å². The van der Waals surface area contributed by atoms with Gasteiger partial charge in [-0.25, -0.2) is 0 Å². The minimum Gasteiger partial charge on any atom is -0.543 e. The normalized spacial score (nSPS) is 15.0. The second-order valence-corrected chi connectivity index (χ2v) is 21.3. The summed E-state index contributed by atoms with van der Waals surface area (Å²) >= 11 is 0. The van der Waals surface area contributed by atoms with Crippen LogP contribution >= 0.6 is 0 Å². The van der Waals surface area contributed by atoms with E-state index in [2.05, 4.69) is 104 Å². The number of hydrogen-bond acceptors (Lipinski definition) is 3. The number of hydrogen-bond donors (Lipinski definition) is 0. The Bertz CT molecular complexity index is 873. The maximum absolute atomic E-state index is 6.62. The van der Waals surface area contributed by atoms with Crippen LogP contribution < -0.4 is 8.85 Å². The molecule has 0 aliphatic carbocycles. The highest BCUT2D eigenvalue weighted by Crippen LogP contribution is 2.42. The Kier molecular flexibility index (Phi) is 6.28. The molecule has 0 saturated carbocycles. The van der Waals surface area contributed by atoms with Crippen molar-refractivity contribution in [3.63, 3.8) is 0 Å². The summed E-state index contributed by atoms with van der Waals surface area (Å²) < 4.78 is 19.2. The predicted octanol–water partition coefficient (Wildman–Crippen LogP) is 8.15. The summed E-state index contributed by atoms with van der Waals surface area (Å²) in [5, 5.41) is 0.315. The molecular formula is C26H40O3Si2. The van der Waals surface area contributed by atoms with E-state index in [-0.39, 0.29) is 10.1 Å². The lowest BCUT2D eigenvalue weighted by Crippen LogP contribution is -2.43. The fraction of sp³-hybridized carbons (Fsp3) is 0.538. The molecule has 31 heavy (non-hydrogen) atoms. The molecular weight excluding hydrogens is 416 g/mol. The summed E-state index contributed by atoms with van der Waals surface area (Å²) in [4.78, 5) is 0. The molecule has 0 N–H and O–H groups in total. The number of fused-ring (bicyclic) bond motifs is 3. The van der Waals surface area contributed by atoms with Gasteiger partial charge < -0.3 is 13.6 Å². The fourth-order valence-electron chi connectivity index (χ4n) is 3.16. The Morgan fingerprint density at radius 2 is 1.00 bits per heavy atom. The predicted molar refractivity (Wildman–Crippen MR) is 136 cm³/mol. The second kappa shape index (κ2) is 8.09. The van der Waals surface area contributed by atoms with Gasteiger partial charge in [-0.15, -0.1) is 0 Å². The highest BCUT2D eigenvalue weighted by atomic mass is 28.4. The van der Waals surface area contributed by atoms with E-state index in [1.807, 2.05) is 0 Å². The van der Waals surface area contributed by atoms with Gasteiger partial charge in [0.2, 0.25) is 16.6 Å². The van der Waals surface area contributed by atoms with Gasteiger partial charge in [-0.2, -0.15) is 0 Å². The summed E-state index contributed by atoms with van der Waals surface area (Å²) in [6, 6.07) is 12.9. The third-order valence-electron chi connectivity index (χ3n) is 7.33. The van der Waals surface area contributed by atoms with Crippen LogP contribution in [0.3, 0.4) is 0 Å². The van der Waals surface area contributed by atoms with Crippen molar-refractivity contribution in [1.29, 1.82) is 0 Å². The molecule has 0 bridgehead atoms. The van der Waals surface area contributed by atoms with Crippen LogP contribution in [0.4, 0.5) is 0 Å². The third kappa shape index (κ3) is 5.10. The molecule has 0 aromatic heterocycles. The molecule has 1 aliphatic heterocycles. The van der Waals surface area contributed by atoms with Crippen LogP contribution in [0.5, 0.6) is 11.5 Å². The first-order chi connectivity index (χ1) is 14.1. The Labute approximate surface area is 191 Å². The van der Waals surface area contributed by atoms with Gasteiger partial charge in [0, 0.05) is 0 Å². The molecule has 0 spiro atoms. The SMILES string of the molecule is CC(C)(C)[Si](C)(C)Oc1ccc2c(c1)-c1cc(O[Si](C)(C)C(C)(C)C)ccc1COC2. The van der Waals surface area contributed by atoms with Crippen LogP contribution in [0, 0.1) is 0 Å². The number of benzene rings is 2. The topological polar surface area (TPSA) is 27.7 Å². The molecule has 0 amide bonds. The molecule has 3 nitrogen and oxygen atoms in total. The monoisotopic (exact) mass is 456 g/mol. The smallest absolute Gasteiger partial charge is 0.250 e. The zero-order valence-electron chi connectivity index (χ0n) is 21.1. The van der Waals surface area contributed by atoms with Gasteiger partial charge >= 0.3 is 0 Å². The van der Waals surface area contributed by atoms with Crippen molar-refractivity contribution in [3.05, 3.63) is 47.5 Å². The number of rotatable bonds is 4. The van der Waals surface area contributed by atoms with Gasteiger partial charge in [-0.05, 0) is 82.8 Å². The zero-order valence-corrected chi connectivity index (χ0v) is 23.1. The second-order valence-electron chi connectivity index (χ2n) is 11.9. The first-order valence-electron chi connectivity index (χ1n) is 11.3. The molecule has 0 unspecified atom stereocenters. The first-order valence-corrected chi connectivity index (χ1v) is 17.1. The van der Waals surface area contributed by atoms with Gasteiger partial charge in [0.15, 0.2) is 0 Å². The van der Waals surface area contributed by atoms with Crippen molar-refractivity contribution in [1.82, 2.24) is 0 Å². The van der Waals surface area contributed by atoms with Crippen molar-refractivity contribution >= 4 is 16.6 Å². The molecule has 170 valence electrons.